The molecule has 0 spiro atoms. The first-order chi connectivity index (χ1) is 15.9. The summed E-state index contributed by atoms with van der Waals surface area (Å²) in [4.78, 5) is 40.6. The van der Waals surface area contributed by atoms with Crippen LogP contribution in [0.25, 0.3) is 0 Å². The summed E-state index contributed by atoms with van der Waals surface area (Å²) in [6.45, 7) is 0. The van der Waals surface area contributed by atoms with Gasteiger partial charge in [0.2, 0.25) is 0 Å². The highest BCUT2D eigenvalue weighted by atomic mass is 16.3. The summed E-state index contributed by atoms with van der Waals surface area (Å²) in [6, 6.07) is 4.81. The third kappa shape index (κ3) is 4.77. The number of hydrogen-bond donors (Lipinski definition) is 4. The molecule has 0 unspecified atom stereocenters. The fourth-order valence-corrected chi connectivity index (χ4v) is 4.87. The van der Waals surface area contributed by atoms with Crippen LogP contribution in [0.4, 0.5) is 17.1 Å². The van der Waals surface area contributed by atoms with Gasteiger partial charge in [-0.1, -0.05) is 38.2 Å². The minimum atomic E-state index is -0.366. The molecule has 0 radical (unpaired) electrons. The quantitative estimate of drug-likeness (QED) is 0.495. The first kappa shape index (κ1) is 22.9. The Bertz CT molecular complexity index is 1120. The van der Waals surface area contributed by atoms with Crippen LogP contribution in [0.2, 0.25) is 0 Å². The van der Waals surface area contributed by atoms with E-state index < -0.39 is 0 Å². The fourth-order valence-electron chi connectivity index (χ4n) is 4.87. The van der Waals surface area contributed by atoms with E-state index in [4.69, 9.17) is 0 Å². The minimum absolute atomic E-state index is 0.0599. The third-order valence-corrected chi connectivity index (χ3v) is 6.71. The SMILES string of the molecule is CN(C)C(=O)c1cccc(Nc2c(NC3CCCC3)c(=O)[nH]n(C3CCCCC3)c2=O)c1O. The van der Waals surface area contributed by atoms with Crippen molar-refractivity contribution in [3.8, 4) is 5.75 Å². The van der Waals surface area contributed by atoms with Crippen molar-refractivity contribution in [3.63, 3.8) is 0 Å². The van der Waals surface area contributed by atoms with Crippen molar-refractivity contribution in [1.82, 2.24) is 14.7 Å². The monoisotopic (exact) mass is 455 g/mol. The number of aromatic nitrogens is 2. The minimum Gasteiger partial charge on any atom is -0.505 e. The number of amides is 1. The summed E-state index contributed by atoms with van der Waals surface area (Å²) in [5, 5.41) is 19.9. The Kier molecular flexibility index (Phi) is 6.76. The normalized spacial score (nSPS) is 17.2. The summed E-state index contributed by atoms with van der Waals surface area (Å²) in [7, 11) is 3.20. The van der Waals surface area contributed by atoms with Gasteiger partial charge in [0, 0.05) is 20.1 Å². The first-order valence-corrected chi connectivity index (χ1v) is 11.8. The topological polar surface area (TPSA) is 119 Å². The summed E-state index contributed by atoms with van der Waals surface area (Å²) in [5.41, 5.74) is -0.105. The van der Waals surface area contributed by atoms with Gasteiger partial charge in [-0.15, -0.1) is 0 Å². The molecule has 0 atom stereocenters. The van der Waals surface area contributed by atoms with Gasteiger partial charge in [-0.2, -0.15) is 0 Å². The van der Waals surface area contributed by atoms with E-state index in [0.717, 1.165) is 57.8 Å². The van der Waals surface area contributed by atoms with Gasteiger partial charge < -0.3 is 20.6 Å². The molecule has 2 saturated carbocycles. The standard InChI is InChI=1S/C24H33N5O4/c1-28(2)23(32)17-13-8-14-18(21(17)30)26-20-19(25-15-9-6-7-10-15)22(31)27-29(24(20)33)16-11-4-3-5-12-16/h8,13-16,25-26,30H,3-7,9-12H2,1-2H3,(H,27,31). The van der Waals surface area contributed by atoms with Crippen LogP contribution in [-0.2, 0) is 0 Å². The highest BCUT2D eigenvalue weighted by Crippen LogP contribution is 2.33. The number of aromatic amines is 1. The Morgan fingerprint density at radius 3 is 2.36 bits per heavy atom. The molecule has 1 amide bonds. The summed E-state index contributed by atoms with van der Waals surface area (Å²) in [6.07, 6.45) is 8.85. The zero-order valence-electron chi connectivity index (χ0n) is 19.3. The molecule has 0 bridgehead atoms. The van der Waals surface area contributed by atoms with Gasteiger partial charge >= 0.3 is 0 Å². The van der Waals surface area contributed by atoms with E-state index in [1.54, 1.807) is 26.2 Å². The van der Waals surface area contributed by atoms with E-state index in [1.165, 1.54) is 15.6 Å². The van der Waals surface area contributed by atoms with E-state index in [-0.39, 0.29) is 57.5 Å². The number of phenolic OH excluding ortho intramolecular Hbond substituents is 1. The number of aromatic hydroxyl groups is 1. The molecule has 1 aromatic heterocycles. The lowest BCUT2D eigenvalue weighted by Crippen LogP contribution is -2.37. The zero-order chi connectivity index (χ0) is 23.5. The number of carbonyl (C=O) groups excluding carboxylic acids is 1. The first-order valence-electron chi connectivity index (χ1n) is 11.8. The van der Waals surface area contributed by atoms with Crippen molar-refractivity contribution < 1.29 is 9.90 Å². The summed E-state index contributed by atoms with van der Waals surface area (Å²) < 4.78 is 1.44. The maximum absolute atomic E-state index is 13.6. The molecule has 178 valence electrons. The fraction of sp³-hybridized carbons (Fsp3) is 0.542. The molecule has 9 nitrogen and oxygen atoms in total. The largest absolute Gasteiger partial charge is 0.505 e. The summed E-state index contributed by atoms with van der Waals surface area (Å²) >= 11 is 0. The Balaban J connectivity index is 1.79. The molecule has 1 aromatic carbocycles. The molecular weight excluding hydrogens is 422 g/mol. The lowest BCUT2D eigenvalue weighted by atomic mass is 9.95. The van der Waals surface area contributed by atoms with Crippen LogP contribution in [0.5, 0.6) is 5.75 Å². The predicted molar refractivity (Wildman–Crippen MR) is 129 cm³/mol. The molecule has 2 aromatic rings. The summed E-state index contributed by atoms with van der Waals surface area (Å²) in [5.74, 6) is -0.613. The Labute approximate surface area is 192 Å². The highest BCUT2D eigenvalue weighted by molar-refractivity contribution is 5.98. The van der Waals surface area contributed by atoms with Crippen LogP contribution in [-0.4, -0.2) is 45.8 Å². The molecule has 4 rings (SSSR count). The molecule has 2 fully saturated rings. The maximum atomic E-state index is 13.6. The molecule has 2 aliphatic rings. The Hall–Kier alpha value is -3.23. The number of para-hydroxylation sites is 1. The molecule has 4 N–H and O–H groups in total. The van der Waals surface area contributed by atoms with Crippen LogP contribution in [0.1, 0.15) is 74.2 Å². The number of nitrogens with one attached hydrogen (secondary N) is 3. The van der Waals surface area contributed by atoms with E-state index in [1.807, 2.05) is 0 Å². The molecular formula is C24H33N5O4. The Morgan fingerprint density at radius 1 is 1.03 bits per heavy atom. The van der Waals surface area contributed by atoms with Gasteiger partial charge in [0.1, 0.15) is 11.4 Å². The lowest BCUT2D eigenvalue weighted by molar-refractivity contribution is 0.0824. The number of phenols is 1. The van der Waals surface area contributed by atoms with Gasteiger partial charge in [-0.25, -0.2) is 4.68 Å². The third-order valence-electron chi connectivity index (χ3n) is 6.71. The van der Waals surface area contributed by atoms with Crippen LogP contribution >= 0.6 is 0 Å². The average molecular weight is 456 g/mol. The van der Waals surface area contributed by atoms with Crippen molar-refractivity contribution in [2.24, 2.45) is 0 Å². The van der Waals surface area contributed by atoms with Crippen LogP contribution in [0.3, 0.4) is 0 Å². The molecule has 33 heavy (non-hydrogen) atoms. The van der Waals surface area contributed by atoms with Gasteiger partial charge in [0.05, 0.1) is 17.3 Å². The van der Waals surface area contributed by atoms with Crippen LogP contribution < -0.4 is 21.8 Å². The van der Waals surface area contributed by atoms with Crippen LogP contribution in [0.15, 0.2) is 27.8 Å². The van der Waals surface area contributed by atoms with Crippen molar-refractivity contribution in [3.05, 3.63) is 44.5 Å². The molecule has 2 aliphatic carbocycles. The second kappa shape index (κ2) is 9.72. The highest BCUT2D eigenvalue weighted by Gasteiger charge is 2.25. The zero-order valence-corrected chi connectivity index (χ0v) is 19.3. The van der Waals surface area contributed by atoms with E-state index in [9.17, 15) is 19.5 Å². The number of benzene rings is 1. The van der Waals surface area contributed by atoms with Crippen molar-refractivity contribution in [1.29, 1.82) is 0 Å². The van der Waals surface area contributed by atoms with Crippen LogP contribution in [0, 0.1) is 0 Å². The molecule has 0 saturated heterocycles. The second-order valence-electron chi connectivity index (χ2n) is 9.31. The van der Waals surface area contributed by atoms with Gasteiger partial charge in [-0.3, -0.25) is 19.5 Å². The predicted octanol–water partition coefficient (Wildman–Crippen LogP) is 3.55. The van der Waals surface area contributed by atoms with Crippen molar-refractivity contribution in [2.75, 3.05) is 24.7 Å². The Morgan fingerprint density at radius 2 is 1.70 bits per heavy atom. The van der Waals surface area contributed by atoms with Gasteiger partial charge in [-0.05, 0) is 37.8 Å². The second-order valence-corrected chi connectivity index (χ2v) is 9.31. The number of nitrogens with zero attached hydrogens (tertiary/aromatic N) is 2. The number of carbonyl (C=O) groups is 1. The molecule has 0 aliphatic heterocycles. The average Bonchev–Trinajstić information content (AvgIpc) is 3.33. The van der Waals surface area contributed by atoms with E-state index in [2.05, 4.69) is 15.7 Å². The number of rotatable bonds is 6. The lowest BCUT2D eigenvalue weighted by Gasteiger charge is -2.25. The number of hydrogen-bond acceptors (Lipinski definition) is 6. The van der Waals surface area contributed by atoms with Gasteiger partial charge in [0.25, 0.3) is 17.0 Å². The number of anilines is 3. The van der Waals surface area contributed by atoms with Crippen molar-refractivity contribution in [2.45, 2.75) is 69.9 Å². The smallest absolute Gasteiger partial charge is 0.291 e. The molecule has 9 heteroatoms. The molecule has 1 heterocycles. The maximum Gasteiger partial charge on any atom is 0.291 e. The van der Waals surface area contributed by atoms with E-state index in [0.29, 0.717) is 0 Å². The van der Waals surface area contributed by atoms with Crippen molar-refractivity contribution >= 4 is 23.0 Å². The van der Waals surface area contributed by atoms with E-state index >= 15 is 0 Å². The van der Waals surface area contributed by atoms with Gasteiger partial charge in [0.15, 0.2) is 5.75 Å². The number of H-pyrrole nitrogens is 1.